The van der Waals surface area contributed by atoms with E-state index in [2.05, 4.69) is 10.3 Å². The monoisotopic (exact) mass is 347 g/mol. The van der Waals surface area contributed by atoms with E-state index in [0.717, 1.165) is 37.3 Å². The molecule has 2 atom stereocenters. The van der Waals surface area contributed by atoms with Crippen LogP contribution in [-0.2, 0) is 12.0 Å². The van der Waals surface area contributed by atoms with Crippen LogP contribution in [0.2, 0.25) is 0 Å². The first-order valence-electron chi connectivity index (χ1n) is 9.70. The minimum Gasteiger partial charge on any atom is -0.390 e. The highest BCUT2D eigenvalue weighted by Gasteiger charge is 2.52. The molecule has 0 radical (unpaired) electrons. The topological polar surface area (TPSA) is 62.4 Å². The Labute approximate surface area is 148 Å². The molecule has 0 unspecified atom stereocenters. The van der Waals surface area contributed by atoms with Gasteiger partial charge in [-0.3, -0.25) is 4.90 Å². The maximum Gasteiger partial charge on any atom is 0.0991 e. The normalized spacial score (nSPS) is 45.0. The van der Waals surface area contributed by atoms with Crippen LogP contribution < -0.4 is 5.73 Å². The number of aliphatic hydroxyl groups excluding tert-OH is 1. The standard InChI is InChI=1S/C19H29N3OS/c20-16-1-2-22(10-17(16)23)9-15-11-24-18(21-15)19-6-12-3-13(7-19)5-14(4-12)8-19/h11-14,16-17,23H,1-10,20H2/t12?,13?,14?,16-,17-,19?/m1/s1. The lowest BCUT2D eigenvalue weighted by atomic mass is 9.50. The molecule has 3 N–H and O–H groups in total. The van der Waals surface area contributed by atoms with Crippen molar-refractivity contribution in [2.24, 2.45) is 23.5 Å². The molecular formula is C19H29N3OS. The molecule has 0 spiro atoms. The molecule has 5 aliphatic rings. The maximum atomic E-state index is 10.0. The van der Waals surface area contributed by atoms with Crippen LogP contribution in [0.5, 0.6) is 0 Å². The maximum absolute atomic E-state index is 10.0. The van der Waals surface area contributed by atoms with Crippen LogP contribution in [0.15, 0.2) is 5.38 Å². The molecule has 1 aromatic rings. The fraction of sp³-hybridized carbons (Fsp3) is 0.842. The van der Waals surface area contributed by atoms with Crippen LogP contribution >= 0.6 is 11.3 Å². The molecular weight excluding hydrogens is 318 g/mol. The average molecular weight is 348 g/mol. The summed E-state index contributed by atoms with van der Waals surface area (Å²) in [6.45, 7) is 2.53. The Morgan fingerprint density at radius 2 is 1.88 bits per heavy atom. The Bertz CT molecular complexity index is 580. The molecule has 6 rings (SSSR count). The molecule has 132 valence electrons. The van der Waals surface area contributed by atoms with Gasteiger partial charge in [0.25, 0.3) is 0 Å². The highest BCUT2D eigenvalue weighted by molar-refractivity contribution is 7.09. The molecule has 1 saturated heterocycles. The van der Waals surface area contributed by atoms with Gasteiger partial charge in [-0.2, -0.15) is 0 Å². The SMILES string of the molecule is N[C@@H]1CCN(Cc2csc(C34CC5CC(CC(C5)C3)C4)n2)C[C@H]1O. The van der Waals surface area contributed by atoms with Crippen LogP contribution in [0, 0.1) is 17.8 Å². The van der Waals surface area contributed by atoms with Gasteiger partial charge >= 0.3 is 0 Å². The van der Waals surface area contributed by atoms with E-state index >= 15 is 0 Å². The second-order valence-electron chi connectivity index (χ2n) is 9.10. The lowest BCUT2D eigenvalue weighted by Gasteiger charge is -2.56. The Kier molecular flexibility index (Phi) is 3.78. The Morgan fingerprint density at radius 1 is 1.21 bits per heavy atom. The van der Waals surface area contributed by atoms with E-state index in [9.17, 15) is 5.11 Å². The number of rotatable bonds is 3. The number of nitrogens with zero attached hydrogens (tertiary/aromatic N) is 2. The summed E-state index contributed by atoms with van der Waals surface area (Å²) in [7, 11) is 0. The molecule has 24 heavy (non-hydrogen) atoms. The van der Waals surface area contributed by atoms with E-state index in [-0.39, 0.29) is 12.1 Å². The number of hydrogen-bond donors (Lipinski definition) is 2. The zero-order chi connectivity index (χ0) is 16.3. The molecule has 4 aliphatic carbocycles. The van der Waals surface area contributed by atoms with Crippen molar-refractivity contribution >= 4 is 11.3 Å². The third-order valence-corrected chi connectivity index (χ3v) is 8.28. The number of nitrogens with two attached hydrogens (primary N) is 1. The number of β-amino-alcohol motifs (C(OH)–C–C–N with tert-alkyl or cyclic N) is 1. The molecule has 2 heterocycles. The minimum absolute atomic E-state index is 0.0562. The molecule has 0 aromatic carbocycles. The van der Waals surface area contributed by atoms with Crippen molar-refractivity contribution in [2.45, 2.75) is 69.1 Å². The second kappa shape index (κ2) is 5.76. The molecule has 4 bridgehead atoms. The molecule has 4 nitrogen and oxygen atoms in total. The first-order valence-corrected chi connectivity index (χ1v) is 10.6. The van der Waals surface area contributed by atoms with Gasteiger partial charge in [-0.25, -0.2) is 4.98 Å². The smallest absolute Gasteiger partial charge is 0.0991 e. The predicted molar refractivity (Wildman–Crippen MR) is 95.8 cm³/mol. The van der Waals surface area contributed by atoms with Gasteiger partial charge in [0.2, 0.25) is 0 Å². The van der Waals surface area contributed by atoms with E-state index in [4.69, 9.17) is 10.7 Å². The van der Waals surface area contributed by atoms with Crippen molar-refractivity contribution in [1.29, 1.82) is 0 Å². The lowest BCUT2D eigenvalue weighted by molar-refractivity contribution is -0.00543. The van der Waals surface area contributed by atoms with Crippen molar-refractivity contribution in [2.75, 3.05) is 13.1 Å². The summed E-state index contributed by atoms with van der Waals surface area (Å²) in [5, 5.41) is 13.7. The molecule has 5 fully saturated rings. The molecule has 1 aliphatic heterocycles. The first-order chi connectivity index (χ1) is 11.6. The molecule has 5 heteroatoms. The van der Waals surface area contributed by atoms with Gasteiger partial charge in [-0.1, -0.05) is 0 Å². The van der Waals surface area contributed by atoms with E-state index < -0.39 is 0 Å². The van der Waals surface area contributed by atoms with Crippen molar-refractivity contribution in [3.63, 3.8) is 0 Å². The van der Waals surface area contributed by atoms with Crippen LogP contribution in [0.25, 0.3) is 0 Å². The van der Waals surface area contributed by atoms with Gasteiger partial charge < -0.3 is 10.8 Å². The largest absolute Gasteiger partial charge is 0.390 e. The van der Waals surface area contributed by atoms with Crippen LogP contribution in [0.1, 0.15) is 55.6 Å². The quantitative estimate of drug-likeness (QED) is 0.882. The number of thiazole rings is 1. The van der Waals surface area contributed by atoms with Gasteiger partial charge in [0.1, 0.15) is 0 Å². The molecule has 1 aromatic heterocycles. The van der Waals surface area contributed by atoms with Crippen LogP contribution in [-0.4, -0.2) is 40.2 Å². The zero-order valence-electron chi connectivity index (χ0n) is 14.4. The third kappa shape index (κ3) is 2.64. The predicted octanol–water partition coefficient (Wildman–Crippen LogP) is 2.50. The fourth-order valence-electron chi connectivity index (χ4n) is 6.38. The van der Waals surface area contributed by atoms with Gasteiger partial charge in [0, 0.05) is 36.5 Å². The number of aromatic nitrogens is 1. The van der Waals surface area contributed by atoms with Crippen molar-refractivity contribution < 1.29 is 5.11 Å². The van der Waals surface area contributed by atoms with Crippen LogP contribution in [0.4, 0.5) is 0 Å². The summed E-state index contributed by atoms with van der Waals surface area (Å²) in [4.78, 5) is 7.41. The molecule has 0 amide bonds. The Hall–Kier alpha value is -0.490. The fourth-order valence-corrected chi connectivity index (χ4v) is 7.43. The van der Waals surface area contributed by atoms with E-state index in [1.807, 2.05) is 11.3 Å². The van der Waals surface area contributed by atoms with Crippen LogP contribution in [0.3, 0.4) is 0 Å². The third-order valence-electron chi connectivity index (χ3n) is 7.15. The Balaban J connectivity index is 1.31. The summed E-state index contributed by atoms with van der Waals surface area (Å²) in [6.07, 6.45) is 9.14. The van der Waals surface area contributed by atoms with E-state index in [1.54, 1.807) is 0 Å². The Morgan fingerprint density at radius 3 is 2.50 bits per heavy atom. The van der Waals surface area contributed by atoms with Gasteiger partial charge in [0.05, 0.1) is 16.8 Å². The van der Waals surface area contributed by atoms with Crippen molar-refractivity contribution in [3.05, 3.63) is 16.1 Å². The van der Waals surface area contributed by atoms with Gasteiger partial charge in [0.15, 0.2) is 0 Å². The number of likely N-dealkylation sites (tertiary alicyclic amines) is 1. The summed E-state index contributed by atoms with van der Waals surface area (Å²) in [6, 6.07) is -0.0562. The van der Waals surface area contributed by atoms with Gasteiger partial charge in [-0.05, 0) is 62.7 Å². The van der Waals surface area contributed by atoms with E-state index in [1.165, 1.54) is 49.2 Å². The summed E-state index contributed by atoms with van der Waals surface area (Å²) in [5.41, 5.74) is 7.54. The average Bonchev–Trinajstić information content (AvgIpc) is 2.99. The highest BCUT2D eigenvalue weighted by Crippen LogP contribution is 2.61. The number of piperidine rings is 1. The summed E-state index contributed by atoms with van der Waals surface area (Å²) >= 11 is 1.90. The van der Waals surface area contributed by atoms with Crippen molar-refractivity contribution in [1.82, 2.24) is 9.88 Å². The molecule has 4 saturated carbocycles. The second-order valence-corrected chi connectivity index (χ2v) is 9.95. The highest BCUT2D eigenvalue weighted by atomic mass is 32.1. The summed E-state index contributed by atoms with van der Waals surface area (Å²) < 4.78 is 0. The zero-order valence-corrected chi connectivity index (χ0v) is 15.2. The number of hydrogen-bond acceptors (Lipinski definition) is 5. The lowest BCUT2D eigenvalue weighted by Crippen LogP contribution is -2.50. The van der Waals surface area contributed by atoms with Gasteiger partial charge in [-0.15, -0.1) is 11.3 Å². The van der Waals surface area contributed by atoms with Crippen molar-refractivity contribution in [3.8, 4) is 0 Å². The summed E-state index contributed by atoms with van der Waals surface area (Å²) in [5.74, 6) is 2.92. The van der Waals surface area contributed by atoms with E-state index in [0.29, 0.717) is 12.0 Å². The first kappa shape index (κ1) is 15.7. The number of aliphatic hydroxyl groups is 1. The minimum atomic E-state index is -0.389.